The second kappa shape index (κ2) is 13.6. The van der Waals surface area contributed by atoms with E-state index in [0.29, 0.717) is 23.4 Å². The number of rotatable bonds is 11. The molecule has 3 aromatic rings. The Labute approximate surface area is 244 Å². The summed E-state index contributed by atoms with van der Waals surface area (Å²) in [7, 11) is 0. The molecule has 216 valence electrons. The number of carbonyl (C=O) groups excluding carboxylic acids is 3. The average Bonchev–Trinajstić information content (AvgIpc) is 3.39. The first-order valence-corrected chi connectivity index (χ1v) is 13.5. The van der Waals surface area contributed by atoms with E-state index in [4.69, 9.17) is 19.3 Å². The van der Waals surface area contributed by atoms with E-state index in [9.17, 15) is 19.6 Å². The molecule has 1 aromatic heterocycles. The Morgan fingerprint density at radius 1 is 1.05 bits per heavy atom. The van der Waals surface area contributed by atoms with E-state index >= 15 is 0 Å². The molecule has 1 aliphatic rings. The van der Waals surface area contributed by atoms with E-state index in [2.05, 4.69) is 0 Å². The van der Waals surface area contributed by atoms with Gasteiger partial charge in [-0.3, -0.25) is 19.3 Å². The number of para-hydroxylation sites is 1. The number of carbonyl (C=O) groups is 3. The first kappa shape index (κ1) is 30.0. The summed E-state index contributed by atoms with van der Waals surface area (Å²) in [5, 5.41) is 14.7. The monoisotopic (exact) mass is 568 g/mol. The minimum atomic E-state index is -0.678. The molecule has 1 aliphatic heterocycles. The molecular formula is C32H32N4O6. The molecule has 0 N–H and O–H groups in total. The summed E-state index contributed by atoms with van der Waals surface area (Å²) in [5.41, 5.74) is 4.26. The van der Waals surface area contributed by atoms with Gasteiger partial charge in [-0.05, 0) is 68.3 Å². The molecule has 0 fully saturated rings. The normalized spacial score (nSPS) is 14.4. The van der Waals surface area contributed by atoms with Gasteiger partial charge in [0.1, 0.15) is 29.7 Å². The summed E-state index contributed by atoms with van der Waals surface area (Å²) in [5.74, 6) is -0.903. The first-order valence-electron chi connectivity index (χ1n) is 13.5. The van der Waals surface area contributed by atoms with Crippen molar-refractivity contribution in [3.8, 4) is 28.8 Å². The Morgan fingerprint density at radius 3 is 2.48 bits per heavy atom. The van der Waals surface area contributed by atoms with Crippen LogP contribution in [-0.2, 0) is 23.9 Å². The second-order valence-electron chi connectivity index (χ2n) is 9.51. The fourth-order valence-electron chi connectivity index (χ4n) is 4.56. The highest BCUT2D eigenvalue weighted by Gasteiger charge is 2.35. The number of amides is 2. The second-order valence-corrected chi connectivity index (χ2v) is 9.51. The summed E-state index contributed by atoms with van der Waals surface area (Å²) in [4.78, 5) is 38.6. The van der Waals surface area contributed by atoms with Gasteiger partial charge in [0.15, 0.2) is 0 Å². The molecule has 0 aliphatic carbocycles. The van der Waals surface area contributed by atoms with Crippen LogP contribution in [0.3, 0.4) is 0 Å². The predicted octanol–water partition coefficient (Wildman–Crippen LogP) is 4.42. The highest BCUT2D eigenvalue weighted by molar-refractivity contribution is 6.19. The van der Waals surface area contributed by atoms with E-state index < -0.39 is 17.8 Å². The van der Waals surface area contributed by atoms with Crippen LogP contribution in [0.25, 0.3) is 23.0 Å². The van der Waals surface area contributed by atoms with Crippen LogP contribution in [0.1, 0.15) is 31.9 Å². The van der Waals surface area contributed by atoms with Gasteiger partial charge in [0.25, 0.3) is 11.8 Å². The van der Waals surface area contributed by atoms with Crippen molar-refractivity contribution in [1.82, 2.24) is 14.7 Å². The molecule has 0 bridgehead atoms. The van der Waals surface area contributed by atoms with Crippen molar-refractivity contribution in [2.24, 2.45) is 0 Å². The fourth-order valence-corrected chi connectivity index (χ4v) is 4.56. The zero-order valence-electron chi connectivity index (χ0n) is 24.0. The third kappa shape index (κ3) is 6.65. The highest BCUT2D eigenvalue weighted by atomic mass is 16.6. The Hall–Kier alpha value is -5.01. The Bertz CT molecular complexity index is 1600. The zero-order valence-corrected chi connectivity index (χ0v) is 24.0. The number of nitrogens with zero attached hydrogens (tertiary/aromatic N) is 4. The van der Waals surface area contributed by atoms with Gasteiger partial charge in [-0.2, -0.15) is 10.4 Å². The van der Waals surface area contributed by atoms with Gasteiger partial charge in [0, 0.05) is 29.8 Å². The standard InChI is InChI=1S/C32H32N4O6/c1-5-41-26-11-12-27(21(2)17-26)30-24(20-36(34-30)25-9-7-6-8-10-25)18-28-22(3)29(19-33)32(39)35(31(28)38)13-14-40-15-16-42-23(4)37/h6-12,17-18,20H,5,13-16H2,1-4H3/b28-18+. The maximum absolute atomic E-state index is 13.7. The van der Waals surface area contributed by atoms with Crippen molar-refractivity contribution in [1.29, 1.82) is 5.26 Å². The van der Waals surface area contributed by atoms with Crippen molar-refractivity contribution < 1.29 is 28.6 Å². The Morgan fingerprint density at radius 2 is 1.81 bits per heavy atom. The quantitative estimate of drug-likeness (QED) is 0.144. The van der Waals surface area contributed by atoms with Gasteiger partial charge in [0.2, 0.25) is 0 Å². The van der Waals surface area contributed by atoms with Crippen LogP contribution >= 0.6 is 0 Å². The minimum Gasteiger partial charge on any atom is -0.494 e. The summed E-state index contributed by atoms with van der Waals surface area (Å²) >= 11 is 0. The predicted molar refractivity (Wildman–Crippen MR) is 155 cm³/mol. The summed E-state index contributed by atoms with van der Waals surface area (Å²) in [6.45, 7) is 7.44. The van der Waals surface area contributed by atoms with Crippen molar-refractivity contribution in [2.45, 2.75) is 27.7 Å². The number of hydrogen-bond acceptors (Lipinski definition) is 8. The molecule has 0 saturated heterocycles. The van der Waals surface area contributed by atoms with Crippen molar-refractivity contribution in [3.63, 3.8) is 0 Å². The summed E-state index contributed by atoms with van der Waals surface area (Å²) < 4.78 is 17.7. The van der Waals surface area contributed by atoms with Gasteiger partial charge >= 0.3 is 5.97 Å². The van der Waals surface area contributed by atoms with Crippen LogP contribution in [0, 0.1) is 18.3 Å². The van der Waals surface area contributed by atoms with Gasteiger partial charge in [0.05, 0.1) is 32.1 Å². The zero-order chi connectivity index (χ0) is 30.2. The smallest absolute Gasteiger partial charge is 0.302 e. The summed E-state index contributed by atoms with van der Waals surface area (Å²) in [6, 6.07) is 17.3. The maximum atomic E-state index is 13.7. The Balaban J connectivity index is 1.74. The van der Waals surface area contributed by atoms with E-state index in [0.717, 1.165) is 27.5 Å². The number of aryl methyl sites for hydroxylation is 1. The lowest BCUT2D eigenvalue weighted by molar-refractivity contribution is -0.142. The highest BCUT2D eigenvalue weighted by Crippen LogP contribution is 2.33. The van der Waals surface area contributed by atoms with Gasteiger partial charge in [-0.15, -0.1) is 0 Å². The molecule has 0 spiro atoms. The number of aromatic nitrogens is 2. The number of nitriles is 1. The molecule has 10 heteroatoms. The molecule has 4 rings (SSSR count). The minimum absolute atomic E-state index is 0.0202. The maximum Gasteiger partial charge on any atom is 0.302 e. The topological polar surface area (TPSA) is 124 Å². The largest absolute Gasteiger partial charge is 0.494 e. The van der Waals surface area contributed by atoms with E-state index in [1.807, 2.05) is 74.6 Å². The lowest BCUT2D eigenvalue weighted by Crippen LogP contribution is -2.44. The fraction of sp³-hybridized carbons (Fsp3) is 0.281. The third-order valence-electron chi connectivity index (χ3n) is 6.64. The molecule has 2 aromatic carbocycles. The molecule has 42 heavy (non-hydrogen) atoms. The number of esters is 1. The van der Waals surface area contributed by atoms with E-state index in [1.165, 1.54) is 6.92 Å². The molecule has 10 nitrogen and oxygen atoms in total. The van der Waals surface area contributed by atoms with Crippen LogP contribution in [0.2, 0.25) is 0 Å². The van der Waals surface area contributed by atoms with Crippen molar-refractivity contribution in [3.05, 3.63) is 82.6 Å². The molecule has 2 amide bonds. The number of imide groups is 1. The van der Waals surface area contributed by atoms with Crippen LogP contribution in [0.4, 0.5) is 0 Å². The average molecular weight is 569 g/mol. The van der Waals surface area contributed by atoms with E-state index in [-0.39, 0.29) is 37.5 Å². The number of benzene rings is 2. The van der Waals surface area contributed by atoms with Crippen molar-refractivity contribution in [2.75, 3.05) is 33.0 Å². The van der Waals surface area contributed by atoms with Gasteiger partial charge in [-0.25, -0.2) is 4.68 Å². The molecule has 0 atom stereocenters. The molecule has 0 radical (unpaired) electrons. The van der Waals surface area contributed by atoms with Crippen LogP contribution < -0.4 is 4.74 Å². The Kier molecular flexibility index (Phi) is 9.68. The van der Waals surface area contributed by atoms with Crippen LogP contribution in [0.15, 0.2) is 71.4 Å². The van der Waals surface area contributed by atoms with Crippen molar-refractivity contribution >= 4 is 23.9 Å². The van der Waals surface area contributed by atoms with Crippen LogP contribution in [-0.4, -0.2) is 65.4 Å². The summed E-state index contributed by atoms with van der Waals surface area (Å²) in [6.07, 6.45) is 3.49. The molecule has 2 heterocycles. The van der Waals surface area contributed by atoms with Crippen LogP contribution in [0.5, 0.6) is 5.75 Å². The molecule has 0 unspecified atom stereocenters. The lowest BCUT2D eigenvalue weighted by Gasteiger charge is -2.27. The first-order chi connectivity index (χ1) is 20.2. The lowest BCUT2D eigenvalue weighted by atomic mass is 9.93. The molecule has 0 saturated carbocycles. The van der Waals surface area contributed by atoms with Gasteiger partial charge < -0.3 is 14.2 Å². The molecular weight excluding hydrogens is 536 g/mol. The van der Waals surface area contributed by atoms with Gasteiger partial charge in [-0.1, -0.05) is 18.2 Å². The number of ether oxygens (including phenoxy) is 3. The van der Waals surface area contributed by atoms with E-state index in [1.54, 1.807) is 17.7 Å². The third-order valence-corrected chi connectivity index (χ3v) is 6.64. The number of hydrogen-bond donors (Lipinski definition) is 0. The SMILES string of the molecule is CCOc1ccc(-c2nn(-c3ccccc3)cc2/C=C2/C(=O)N(CCOCCOC(C)=O)C(=O)C(C#N)=C2C)c(C)c1.